The van der Waals surface area contributed by atoms with Gasteiger partial charge in [0.15, 0.2) is 5.96 Å². The minimum Gasteiger partial charge on any atom is -0.386 e. The largest absolute Gasteiger partial charge is 0.386 e. The highest BCUT2D eigenvalue weighted by Crippen LogP contribution is 2.26. The van der Waals surface area contributed by atoms with Crippen LogP contribution in [0.15, 0.2) is 41.4 Å². The Kier molecular flexibility index (Phi) is 6.38. The third-order valence-corrected chi connectivity index (χ3v) is 4.61. The molecule has 0 amide bonds. The van der Waals surface area contributed by atoms with E-state index in [0.29, 0.717) is 23.4 Å². The molecule has 1 atom stereocenters. The van der Waals surface area contributed by atoms with Gasteiger partial charge < -0.3 is 15.3 Å². The van der Waals surface area contributed by atoms with E-state index in [9.17, 15) is 9.50 Å². The zero-order valence-corrected chi connectivity index (χ0v) is 14.5. The maximum Gasteiger partial charge on any atom is 0.193 e. The molecule has 23 heavy (non-hydrogen) atoms. The second-order valence-corrected chi connectivity index (χ2v) is 6.81. The SMILES string of the molecule is CN=C(NCC(O)c1ccc(Cl)s1)N(C)Cc1ccc(F)cc1. The molecule has 0 aliphatic carbocycles. The van der Waals surface area contributed by atoms with Crippen molar-refractivity contribution in [2.75, 3.05) is 20.6 Å². The predicted octanol–water partition coefficient (Wildman–Crippen LogP) is 3.28. The Balaban J connectivity index is 1.90. The Morgan fingerprint density at radius 1 is 1.35 bits per heavy atom. The summed E-state index contributed by atoms with van der Waals surface area (Å²) >= 11 is 7.23. The third-order valence-electron chi connectivity index (χ3n) is 3.28. The van der Waals surface area contributed by atoms with Crippen LogP contribution in [0.4, 0.5) is 4.39 Å². The molecule has 1 aromatic carbocycles. The van der Waals surface area contributed by atoms with Crippen LogP contribution < -0.4 is 5.32 Å². The molecule has 0 aliphatic rings. The lowest BCUT2D eigenvalue weighted by atomic mass is 10.2. The highest BCUT2D eigenvalue weighted by molar-refractivity contribution is 7.16. The smallest absolute Gasteiger partial charge is 0.193 e. The van der Waals surface area contributed by atoms with Gasteiger partial charge in [-0.2, -0.15) is 0 Å². The number of nitrogens with zero attached hydrogens (tertiary/aromatic N) is 2. The van der Waals surface area contributed by atoms with E-state index in [2.05, 4.69) is 10.3 Å². The minimum absolute atomic E-state index is 0.253. The molecule has 0 aliphatic heterocycles. The van der Waals surface area contributed by atoms with Crippen LogP contribution >= 0.6 is 22.9 Å². The van der Waals surface area contributed by atoms with Crippen LogP contribution in [0.1, 0.15) is 16.5 Å². The van der Waals surface area contributed by atoms with Crippen LogP contribution in [0.5, 0.6) is 0 Å². The van der Waals surface area contributed by atoms with Crippen molar-refractivity contribution in [3.63, 3.8) is 0 Å². The number of benzene rings is 1. The van der Waals surface area contributed by atoms with Gasteiger partial charge in [0.25, 0.3) is 0 Å². The first kappa shape index (κ1) is 17.7. The Morgan fingerprint density at radius 2 is 2.04 bits per heavy atom. The van der Waals surface area contributed by atoms with Crippen molar-refractivity contribution >= 4 is 28.9 Å². The Hall–Kier alpha value is -1.63. The molecule has 0 spiro atoms. The summed E-state index contributed by atoms with van der Waals surface area (Å²) in [5.41, 5.74) is 0.974. The van der Waals surface area contributed by atoms with Gasteiger partial charge in [-0.1, -0.05) is 23.7 Å². The maximum absolute atomic E-state index is 12.9. The highest BCUT2D eigenvalue weighted by atomic mass is 35.5. The van der Waals surface area contributed by atoms with Crippen LogP contribution in [-0.4, -0.2) is 36.6 Å². The quantitative estimate of drug-likeness (QED) is 0.639. The van der Waals surface area contributed by atoms with Crippen LogP contribution in [0.25, 0.3) is 0 Å². The lowest BCUT2D eigenvalue weighted by Gasteiger charge is -2.23. The first-order valence-electron chi connectivity index (χ1n) is 7.09. The molecule has 0 fully saturated rings. The highest BCUT2D eigenvalue weighted by Gasteiger charge is 2.13. The number of hydrogen-bond acceptors (Lipinski definition) is 3. The van der Waals surface area contributed by atoms with E-state index in [1.807, 2.05) is 18.0 Å². The number of halogens is 2. The third kappa shape index (κ3) is 5.20. The molecular formula is C16H19ClFN3OS. The number of nitrogens with one attached hydrogen (secondary N) is 1. The molecule has 0 radical (unpaired) electrons. The van der Waals surface area contributed by atoms with Crippen molar-refractivity contribution in [2.24, 2.45) is 4.99 Å². The van der Waals surface area contributed by atoms with E-state index in [1.54, 1.807) is 25.2 Å². The molecule has 4 nitrogen and oxygen atoms in total. The molecule has 1 heterocycles. The van der Waals surface area contributed by atoms with E-state index in [0.717, 1.165) is 10.4 Å². The first-order chi connectivity index (χ1) is 11.0. The number of guanidine groups is 1. The summed E-state index contributed by atoms with van der Waals surface area (Å²) in [6.45, 7) is 0.915. The normalized spacial score (nSPS) is 13.0. The zero-order chi connectivity index (χ0) is 16.8. The van der Waals surface area contributed by atoms with Gasteiger partial charge in [0.1, 0.15) is 11.9 Å². The van der Waals surface area contributed by atoms with Gasteiger partial charge in [0.2, 0.25) is 0 Å². The first-order valence-corrected chi connectivity index (χ1v) is 8.28. The predicted molar refractivity (Wildman–Crippen MR) is 93.5 cm³/mol. The monoisotopic (exact) mass is 355 g/mol. The summed E-state index contributed by atoms with van der Waals surface area (Å²) in [7, 11) is 3.56. The van der Waals surface area contributed by atoms with E-state index in [1.165, 1.54) is 23.5 Å². The molecule has 1 unspecified atom stereocenters. The van der Waals surface area contributed by atoms with Gasteiger partial charge in [-0.3, -0.25) is 4.99 Å². The lowest BCUT2D eigenvalue weighted by Crippen LogP contribution is -2.40. The second kappa shape index (κ2) is 8.29. The maximum atomic E-state index is 12.9. The fourth-order valence-electron chi connectivity index (χ4n) is 2.12. The summed E-state index contributed by atoms with van der Waals surface area (Å²) in [5, 5.41) is 13.3. The number of aliphatic hydroxyl groups excluding tert-OH is 1. The summed E-state index contributed by atoms with van der Waals surface area (Å²) in [4.78, 5) is 6.91. The number of aliphatic imine (C=N–C) groups is 1. The second-order valence-electron chi connectivity index (χ2n) is 5.07. The topological polar surface area (TPSA) is 47.9 Å². The molecule has 7 heteroatoms. The van der Waals surface area contributed by atoms with Crippen molar-refractivity contribution in [2.45, 2.75) is 12.6 Å². The van der Waals surface area contributed by atoms with E-state index < -0.39 is 6.10 Å². The van der Waals surface area contributed by atoms with Gasteiger partial charge in [0.05, 0.1) is 4.34 Å². The van der Waals surface area contributed by atoms with Gasteiger partial charge >= 0.3 is 0 Å². The van der Waals surface area contributed by atoms with E-state index >= 15 is 0 Å². The fraction of sp³-hybridized carbons (Fsp3) is 0.312. The number of thiophene rings is 1. The van der Waals surface area contributed by atoms with E-state index in [-0.39, 0.29) is 5.82 Å². The minimum atomic E-state index is -0.650. The molecule has 0 saturated heterocycles. The molecule has 124 valence electrons. The molecule has 0 bridgehead atoms. The molecule has 1 aromatic heterocycles. The Labute approximate surface area is 144 Å². The standard InChI is InChI=1S/C16H19ClFN3OS/c1-19-16(20-9-13(22)14-7-8-15(17)23-14)21(2)10-11-3-5-12(18)6-4-11/h3-8,13,22H,9-10H2,1-2H3,(H,19,20). The van der Waals surface area contributed by atoms with Crippen LogP contribution in [0, 0.1) is 5.82 Å². The van der Waals surface area contributed by atoms with Crippen molar-refractivity contribution in [1.82, 2.24) is 10.2 Å². The van der Waals surface area contributed by atoms with Crippen molar-refractivity contribution in [3.05, 3.63) is 57.0 Å². The van der Waals surface area contributed by atoms with Gasteiger partial charge in [-0.25, -0.2) is 4.39 Å². The van der Waals surface area contributed by atoms with Crippen LogP contribution in [0.3, 0.4) is 0 Å². The van der Waals surface area contributed by atoms with Gasteiger partial charge in [-0.05, 0) is 29.8 Å². The van der Waals surface area contributed by atoms with Crippen molar-refractivity contribution in [3.8, 4) is 0 Å². The zero-order valence-electron chi connectivity index (χ0n) is 13.0. The van der Waals surface area contributed by atoms with Gasteiger partial charge in [-0.15, -0.1) is 11.3 Å². The van der Waals surface area contributed by atoms with Crippen molar-refractivity contribution in [1.29, 1.82) is 0 Å². The summed E-state index contributed by atoms with van der Waals surface area (Å²) in [6, 6.07) is 9.92. The van der Waals surface area contributed by atoms with Crippen LogP contribution in [-0.2, 0) is 6.54 Å². The molecule has 0 saturated carbocycles. The molecule has 2 rings (SSSR count). The fourth-order valence-corrected chi connectivity index (χ4v) is 3.17. The number of aliphatic hydroxyl groups is 1. The molecular weight excluding hydrogens is 337 g/mol. The van der Waals surface area contributed by atoms with Gasteiger partial charge in [0, 0.05) is 32.1 Å². The summed E-state index contributed by atoms with van der Waals surface area (Å²) < 4.78 is 13.6. The molecule has 2 aromatic rings. The summed E-state index contributed by atoms with van der Waals surface area (Å²) in [5.74, 6) is 0.396. The van der Waals surface area contributed by atoms with Crippen molar-refractivity contribution < 1.29 is 9.50 Å². The number of rotatable bonds is 5. The van der Waals surface area contributed by atoms with E-state index in [4.69, 9.17) is 11.6 Å². The Morgan fingerprint density at radius 3 is 2.61 bits per heavy atom. The summed E-state index contributed by atoms with van der Waals surface area (Å²) in [6.07, 6.45) is -0.650. The lowest BCUT2D eigenvalue weighted by molar-refractivity contribution is 0.183. The average Bonchev–Trinajstić information content (AvgIpc) is 2.96. The van der Waals surface area contributed by atoms with Crippen LogP contribution in [0.2, 0.25) is 4.34 Å². The average molecular weight is 356 g/mol. The number of hydrogen-bond donors (Lipinski definition) is 2. The molecule has 2 N–H and O–H groups in total. The Bertz CT molecular complexity index is 660.